The van der Waals surface area contributed by atoms with Crippen molar-refractivity contribution in [1.29, 1.82) is 0 Å². The Hall–Kier alpha value is -2.76. The Bertz CT molecular complexity index is 1530. The van der Waals surface area contributed by atoms with Crippen molar-refractivity contribution in [2.75, 3.05) is 16.0 Å². The minimum absolute atomic E-state index is 0.00905. The van der Waals surface area contributed by atoms with Crippen LogP contribution in [0.25, 0.3) is 0 Å². The number of benzene rings is 3. The van der Waals surface area contributed by atoms with Gasteiger partial charge in [0.25, 0.3) is 5.91 Å². The number of carbonyl (C=O) groups is 3. The lowest BCUT2D eigenvalue weighted by atomic mass is 10.1. The molecule has 0 heterocycles. The largest absolute Gasteiger partial charge is 0.471 e. The van der Waals surface area contributed by atoms with Crippen molar-refractivity contribution in [1.82, 2.24) is 0 Å². The summed E-state index contributed by atoms with van der Waals surface area (Å²) in [5, 5.41) is 6.29. The van der Waals surface area contributed by atoms with Gasteiger partial charge in [-0.05, 0) is 54.1 Å². The monoisotopic (exact) mass is 655 g/mol. The van der Waals surface area contributed by atoms with Gasteiger partial charge in [-0.1, -0.05) is 40.9 Å². The molecular formula is C25H14Cl5F4N3O3. The summed E-state index contributed by atoms with van der Waals surface area (Å²) in [6.07, 6.45) is -5.15. The second-order valence-electron chi connectivity index (χ2n) is 8.59. The lowest BCUT2D eigenvalue weighted by molar-refractivity contribution is -0.167. The van der Waals surface area contributed by atoms with Gasteiger partial charge in [0, 0.05) is 17.3 Å². The highest BCUT2D eigenvalue weighted by molar-refractivity contribution is 6.53. The van der Waals surface area contributed by atoms with Crippen molar-refractivity contribution in [3.8, 4) is 0 Å². The summed E-state index contributed by atoms with van der Waals surface area (Å²) in [7, 11) is 0. The maximum absolute atomic E-state index is 13.5. The van der Waals surface area contributed by atoms with Gasteiger partial charge in [0.1, 0.15) is 10.2 Å². The maximum atomic E-state index is 13.5. The minimum Gasteiger partial charge on any atom is -0.326 e. The van der Waals surface area contributed by atoms with Crippen LogP contribution in [0.5, 0.6) is 0 Å². The van der Waals surface area contributed by atoms with Crippen LogP contribution < -0.4 is 16.0 Å². The van der Waals surface area contributed by atoms with E-state index in [-0.39, 0.29) is 37.7 Å². The third kappa shape index (κ3) is 6.42. The number of alkyl halides is 5. The van der Waals surface area contributed by atoms with E-state index in [0.717, 1.165) is 12.1 Å². The van der Waals surface area contributed by atoms with Gasteiger partial charge in [-0.3, -0.25) is 14.4 Å². The molecular weight excluding hydrogens is 644 g/mol. The van der Waals surface area contributed by atoms with E-state index in [9.17, 15) is 31.9 Å². The fraction of sp³-hybridized carbons (Fsp3) is 0.160. The number of rotatable bonds is 6. The molecule has 2 atom stereocenters. The number of amides is 3. The third-order valence-corrected chi connectivity index (χ3v) is 7.74. The molecule has 3 aromatic rings. The molecule has 40 heavy (non-hydrogen) atoms. The first-order valence-electron chi connectivity index (χ1n) is 11.0. The zero-order chi connectivity index (χ0) is 29.6. The van der Waals surface area contributed by atoms with Gasteiger partial charge in [0.2, 0.25) is 5.91 Å². The van der Waals surface area contributed by atoms with Crippen LogP contribution in [-0.4, -0.2) is 28.2 Å². The predicted molar refractivity (Wildman–Crippen MR) is 146 cm³/mol. The zero-order valence-corrected chi connectivity index (χ0v) is 23.3. The Kier molecular flexibility index (Phi) is 8.50. The number of hydrogen-bond donors (Lipinski definition) is 3. The molecule has 2 unspecified atom stereocenters. The van der Waals surface area contributed by atoms with Gasteiger partial charge in [0.05, 0.1) is 32.2 Å². The lowest BCUT2D eigenvalue weighted by Gasteiger charge is -2.13. The molecule has 210 valence electrons. The van der Waals surface area contributed by atoms with Crippen LogP contribution in [0.2, 0.25) is 15.1 Å². The van der Waals surface area contributed by atoms with Crippen molar-refractivity contribution < 1.29 is 31.9 Å². The van der Waals surface area contributed by atoms with Gasteiger partial charge >= 0.3 is 12.1 Å². The summed E-state index contributed by atoms with van der Waals surface area (Å²) in [5.41, 5.74) is 0.115. The van der Waals surface area contributed by atoms with Crippen molar-refractivity contribution in [2.45, 2.75) is 16.4 Å². The molecule has 0 aliphatic heterocycles. The molecule has 1 fully saturated rings. The molecule has 4 rings (SSSR count). The average molecular weight is 658 g/mol. The highest BCUT2D eigenvalue weighted by atomic mass is 35.5. The number of nitrogens with one attached hydrogen (secondary N) is 3. The standard InChI is InChI=1S/C25H14Cl5F4N3O3/c26-14-4-2-11(36-22(39)20-19(24(20,29)30)10-1-6-17(31)16(28)7-10)8-13(14)21(38)35-12-3-5-15(27)18(9-12)37-23(40)25(32,33)34/h1-9,19-20H,(H,35,38)(H,36,39)(H,37,40). The van der Waals surface area contributed by atoms with E-state index < -0.39 is 45.9 Å². The second-order valence-corrected chi connectivity index (χ2v) is 11.3. The van der Waals surface area contributed by atoms with E-state index in [0.29, 0.717) is 5.56 Å². The molecule has 0 bridgehead atoms. The topological polar surface area (TPSA) is 87.3 Å². The van der Waals surface area contributed by atoms with E-state index >= 15 is 0 Å². The van der Waals surface area contributed by atoms with Gasteiger partial charge in [-0.25, -0.2) is 4.39 Å². The molecule has 0 spiro atoms. The minimum atomic E-state index is -5.15. The summed E-state index contributed by atoms with van der Waals surface area (Å²) >= 11 is 30.5. The molecule has 1 saturated carbocycles. The van der Waals surface area contributed by atoms with Crippen LogP contribution in [-0.2, 0) is 9.59 Å². The van der Waals surface area contributed by atoms with Gasteiger partial charge < -0.3 is 16.0 Å². The van der Waals surface area contributed by atoms with E-state index in [1.807, 2.05) is 0 Å². The number of hydrogen-bond acceptors (Lipinski definition) is 3. The Morgan fingerprint density at radius 2 is 1.40 bits per heavy atom. The molecule has 0 aromatic heterocycles. The summed E-state index contributed by atoms with van der Waals surface area (Å²) in [5.74, 6) is -5.87. The predicted octanol–water partition coefficient (Wildman–Crippen LogP) is 8.07. The van der Waals surface area contributed by atoms with Crippen LogP contribution in [0.1, 0.15) is 21.8 Å². The van der Waals surface area contributed by atoms with Gasteiger partial charge in [0.15, 0.2) is 0 Å². The summed E-state index contributed by atoms with van der Waals surface area (Å²) in [6.45, 7) is 0. The Labute approximate surface area is 248 Å². The van der Waals surface area contributed by atoms with Crippen LogP contribution in [0.4, 0.5) is 34.6 Å². The first-order valence-corrected chi connectivity index (χ1v) is 12.9. The van der Waals surface area contributed by atoms with E-state index in [4.69, 9.17) is 58.0 Å². The van der Waals surface area contributed by atoms with Crippen molar-refractivity contribution in [2.24, 2.45) is 5.92 Å². The van der Waals surface area contributed by atoms with E-state index in [1.165, 1.54) is 42.5 Å². The highest BCUT2D eigenvalue weighted by Crippen LogP contribution is 2.65. The number of carbonyl (C=O) groups excluding carboxylic acids is 3. The van der Waals surface area contributed by atoms with Crippen LogP contribution in [0.3, 0.4) is 0 Å². The number of anilines is 3. The first kappa shape index (κ1) is 30.2. The zero-order valence-electron chi connectivity index (χ0n) is 19.5. The van der Waals surface area contributed by atoms with Crippen LogP contribution in [0, 0.1) is 11.7 Å². The smallest absolute Gasteiger partial charge is 0.326 e. The Morgan fingerprint density at radius 1 is 0.775 bits per heavy atom. The van der Waals surface area contributed by atoms with Crippen molar-refractivity contribution in [3.63, 3.8) is 0 Å². The summed E-state index contributed by atoms with van der Waals surface area (Å²) < 4.78 is 49.9. The fourth-order valence-electron chi connectivity index (χ4n) is 3.86. The second kappa shape index (κ2) is 11.3. The molecule has 3 aromatic carbocycles. The van der Waals surface area contributed by atoms with Crippen LogP contribution >= 0.6 is 58.0 Å². The normalized spacial score (nSPS) is 17.6. The molecule has 1 aliphatic carbocycles. The molecule has 6 nitrogen and oxygen atoms in total. The molecule has 0 radical (unpaired) electrons. The highest BCUT2D eigenvalue weighted by Gasteiger charge is 2.67. The summed E-state index contributed by atoms with van der Waals surface area (Å²) in [4.78, 5) is 37.1. The SMILES string of the molecule is O=C(Nc1ccc(Cl)c(NC(=O)C(F)(F)F)c1)c1cc(NC(=O)C2C(c3ccc(F)c(Cl)c3)C2(Cl)Cl)ccc1Cl. The van der Waals surface area contributed by atoms with Crippen molar-refractivity contribution >= 4 is 92.8 Å². The molecule has 3 amide bonds. The molecule has 1 aliphatic rings. The third-order valence-electron chi connectivity index (χ3n) is 5.85. The average Bonchev–Trinajstić information content (AvgIpc) is 3.45. The van der Waals surface area contributed by atoms with E-state index in [2.05, 4.69) is 10.6 Å². The summed E-state index contributed by atoms with van der Waals surface area (Å²) in [6, 6.07) is 11.4. The Balaban J connectivity index is 1.48. The Morgan fingerprint density at radius 3 is 2.02 bits per heavy atom. The van der Waals surface area contributed by atoms with E-state index in [1.54, 1.807) is 5.32 Å². The quantitative estimate of drug-likeness (QED) is 0.185. The molecule has 3 N–H and O–H groups in total. The lowest BCUT2D eigenvalue weighted by Crippen LogP contribution is -2.30. The fourth-order valence-corrected chi connectivity index (χ4v) is 5.25. The van der Waals surface area contributed by atoms with Crippen molar-refractivity contribution in [3.05, 3.63) is 86.6 Å². The first-order chi connectivity index (χ1) is 18.6. The molecule has 0 saturated heterocycles. The van der Waals surface area contributed by atoms with Crippen LogP contribution in [0.15, 0.2) is 54.6 Å². The van der Waals surface area contributed by atoms with Gasteiger partial charge in [-0.2, -0.15) is 13.2 Å². The van der Waals surface area contributed by atoms with Gasteiger partial charge in [-0.15, -0.1) is 23.2 Å². The number of halogens is 9. The molecule has 15 heteroatoms. The maximum Gasteiger partial charge on any atom is 0.471 e.